The SMILES string of the molecule is Cc1ccc2c(oc3c(C#N)c(-c4ccc(-c5ccccc5)cc4)ccc32)c1-c1ccc(F)c[n+]1C. The first-order chi connectivity index (χ1) is 17.5. The van der Waals surface area contributed by atoms with Crippen LogP contribution in [0.3, 0.4) is 0 Å². The van der Waals surface area contributed by atoms with Gasteiger partial charge in [0.1, 0.15) is 24.3 Å². The second-order valence-corrected chi connectivity index (χ2v) is 9.00. The molecule has 0 saturated heterocycles. The summed E-state index contributed by atoms with van der Waals surface area (Å²) in [6.45, 7) is 2.01. The quantitative estimate of drug-likeness (QED) is 0.249. The molecule has 0 N–H and O–H groups in total. The highest BCUT2D eigenvalue weighted by molar-refractivity contribution is 6.12. The molecule has 0 fully saturated rings. The summed E-state index contributed by atoms with van der Waals surface area (Å²) in [4.78, 5) is 0. The number of pyridine rings is 1. The van der Waals surface area contributed by atoms with Gasteiger partial charge < -0.3 is 4.42 Å². The predicted molar refractivity (Wildman–Crippen MR) is 141 cm³/mol. The number of aryl methyl sites for hydroxylation is 2. The van der Waals surface area contributed by atoms with E-state index in [0.29, 0.717) is 16.7 Å². The molecular weight excluding hydrogens is 447 g/mol. The lowest BCUT2D eigenvalue weighted by Crippen LogP contribution is -2.31. The molecule has 0 atom stereocenters. The Morgan fingerprint density at radius 1 is 0.750 bits per heavy atom. The van der Waals surface area contributed by atoms with Crippen LogP contribution >= 0.6 is 0 Å². The molecule has 0 aliphatic rings. The van der Waals surface area contributed by atoms with Crippen molar-refractivity contribution in [3.8, 4) is 39.6 Å². The first-order valence-corrected chi connectivity index (χ1v) is 11.8. The van der Waals surface area contributed by atoms with Crippen LogP contribution in [0.25, 0.3) is 55.4 Å². The molecular formula is C32H22FN2O+. The molecule has 0 aliphatic carbocycles. The van der Waals surface area contributed by atoms with Crippen LogP contribution < -0.4 is 4.57 Å². The van der Waals surface area contributed by atoms with Crippen molar-refractivity contribution in [1.29, 1.82) is 5.26 Å². The topological polar surface area (TPSA) is 40.8 Å². The Morgan fingerprint density at radius 3 is 2.14 bits per heavy atom. The maximum atomic E-state index is 13.8. The fraction of sp³-hybridized carbons (Fsp3) is 0.0625. The highest BCUT2D eigenvalue weighted by atomic mass is 19.1. The molecule has 0 unspecified atom stereocenters. The number of aromatic nitrogens is 1. The van der Waals surface area contributed by atoms with E-state index in [1.165, 1.54) is 12.3 Å². The van der Waals surface area contributed by atoms with Crippen molar-refractivity contribution in [1.82, 2.24) is 0 Å². The third-order valence-electron chi connectivity index (χ3n) is 6.79. The number of nitriles is 1. The first-order valence-electron chi connectivity index (χ1n) is 11.8. The number of benzene rings is 4. The van der Waals surface area contributed by atoms with E-state index in [4.69, 9.17) is 4.42 Å². The Labute approximate surface area is 208 Å². The van der Waals surface area contributed by atoms with Gasteiger partial charge >= 0.3 is 0 Å². The van der Waals surface area contributed by atoms with E-state index in [2.05, 4.69) is 30.3 Å². The molecule has 4 heteroatoms. The lowest BCUT2D eigenvalue weighted by atomic mass is 9.95. The third kappa shape index (κ3) is 3.45. The van der Waals surface area contributed by atoms with Gasteiger partial charge in [-0.25, -0.2) is 4.39 Å². The smallest absolute Gasteiger partial charge is 0.216 e. The Kier molecular flexibility index (Phi) is 5.13. The molecule has 6 rings (SSSR count). The number of furan rings is 1. The highest BCUT2D eigenvalue weighted by Gasteiger charge is 2.23. The zero-order chi connectivity index (χ0) is 24.8. The maximum absolute atomic E-state index is 13.8. The Balaban J connectivity index is 1.55. The molecule has 0 radical (unpaired) electrons. The zero-order valence-electron chi connectivity index (χ0n) is 19.9. The average Bonchev–Trinajstić information content (AvgIpc) is 3.28. The molecule has 4 aromatic carbocycles. The van der Waals surface area contributed by atoms with Crippen LogP contribution in [0, 0.1) is 24.1 Å². The van der Waals surface area contributed by atoms with Gasteiger partial charge in [0.05, 0.1) is 5.56 Å². The van der Waals surface area contributed by atoms with Gasteiger partial charge in [0, 0.05) is 22.4 Å². The van der Waals surface area contributed by atoms with Gasteiger partial charge in [-0.15, -0.1) is 0 Å². The standard InChI is InChI=1S/C32H22FN2O/c1-20-8-14-27-26-16-15-25(23-11-9-22(10-12-23)21-6-4-3-5-7-21)28(18-34)31(26)36-32(27)30(20)29-17-13-24(33)19-35(29)2/h3-17,19H,1-2H3/q+1. The van der Waals surface area contributed by atoms with E-state index < -0.39 is 0 Å². The Morgan fingerprint density at radius 2 is 1.42 bits per heavy atom. The lowest BCUT2D eigenvalue weighted by Gasteiger charge is -2.07. The molecule has 0 saturated carbocycles. The first kappa shape index (κ1) is 21.8. The molecule has 0 amide bonds. The largest absolute Gasteiger partial charge is 0.454 e. The van der Waals surface area contributed by atoms with E-state index in [1.807, 2.05) is 68.6 Å². The van der Waals surface area contributed by atoms with Gasteiger partial charge in [0.25, 0.3) is 0 Å². The summed E-state index contributed by atoms with van der Waals surface area (Å²) in [5, 5.41) is 12.0. The summed E-state index contributed by atoms with van der Waals surface area (Å²) in [5.41, 5.74) is 8.56. The number of hydrogen-bond donors (Lipinski definition) is 0. The van der Waals surface area contributed by atoms with Gasteiger partial charge in [0.15, 0.2) is 11.4 Å². The number of fused-ring (bicyclic) bond motifs is 3. The van der Waals surface area contributed by atoms with Crippen molar-refractivity contribution in [3.63, 3.8) is 0 Å². The van der Waals surface area contributed by atoms with Crippen LogP contribution in [0.4, 0.5) is 4.39 Å². The minimum absolute atomic E-state index is 0.301. The number of halogens is 1. The molecule has 6 aromatic rings. The van der Waals surface area contributed by atoms with Crippen LogP contribution in [0.15, 0.2) is 102 Å². The van der Waals surface area contributed by atoms with Crippen molar-refractivity contribution >= 4 is 21.9 Å². The van der Waals surface area contributed by atoms with Crippen molar-refractivity contribution < 1.29 is 13.4 Å². The summed E-state index contributed by atoms with van der Waals surface area (Å²) in [6, 6.07) is 32.1. The number of nitrogens with zero attached hydrogens (tertiary/aromatic N) is 2. The van der Waals surface area contributed by atoms with Gasteiger partial charge in [0.2, 0.25) is 11.9 Å². The molecule has 0 bridgehead atoms. The Bertz CT molecular complexity index is 1810. The van der Waals surface area contributed by atoms with Gasteiger partial charge in [-0.2, -0.15) is 9.83 Å². The monoisotopic (exact) mass is 469 g/mol. The normalized spacial score (nSPS) is 11.2. The van der Waals surface area contributed by atoms with E-state index in [1.54, 1.807) is 10.6 Å². The van der Waals surface area contributed by atoms with E-state index in [0.717, 1.165) is 49.8 Å². The fourth-order valence-corrected chi connectivity index (χ4v) is 4.98. The minimum Gasteiger partial charge on any atom is -0.454 e. The van der Waals surface area contributed by atoms with Crippen molar-refractivity contribution in [2.45, 2.75) is 6.92 Å². The van der Waals surface area contributed by atoms with Crippen LogP contribution in [0.1, 0.15) is 11.1 Å². The lowest BCUT2D eigenvalue weighted by molar-refractivity contribution is -0.661. The fourth-order valence-electron chi connectivity index (χ4n) is 4.98. The van der Waals surface area contributed by atoms with Crippen LogP contribution in [-0.4, -0.2) is 0 Å². The van der Waals surface area contributed by atoms with E-state index in [9.17, 15) is 9.65 Å². The van der Waals surface area contributed by atoms with Crippen molar-refractivity contribution in [2.24, 2.45) is 7.05 Å². The molecule has 2 aromatic heterocycles. The Hall–Kier alpha value is -4.75. The molecule has 0 spiro atoms. The minimum atomic E-state index is -0.301. The highest BCUT2D eigenvalue weighted by Crippen LogP contribution is 2.40. The van der Waals surface area contributed by atoms with Crippen molar-refractivity contribution in [2.75, 3.05) is 0 Å². The van der Waals surface area contributed by atoms with Crippen LogP contribution in [0.2, 0.25) is 0 Å². The van der Waals surface area contributed by atoms with Gasteiger partial charge in [-0.1, -0.05) is 72.8 Å². The average molecular weight is 470 g/mol. The third-order valence-corrected chi connectivity index (χ3v) is 6.79. The van der Waals surface area contributed by atoms with Crippen LogP contribution in [-0.2, 0) is 7.05 Å². The number of hydrogen-bond acceptors (Lipinski definition) is 2. The second-order valence-electron chi connectivity index (χ2n) is 9.00. The van der Waals surface area contributed by atoms with E-state index >= 15 is 0 Å². The number of rotatable bonds is 3. The summed E-state index contributed by atoms with van der Waals surface area (Å²) in [5.74, 6) is -0.301. The molecule has 0 aliphatic heterocycles. The van der Waals surface area contributed by atoms with Gasteiger partial charge in [-0.3, -0.25) is 0 Å². The van der Waals surface area contributed by atoms with Gasteiger partial charge in [-0.05, 0) is 41.3 Å². The molecule has 3 nitrogen and oxygen atoms in total. The summed E-state index contributed by atoms with van der Waals surface area (Å²) in [6.07, 6.45) is 1.45. The maximum Gasteiger partial charge on any atom is 0.216 e. The molecule has 36 heavy (non-hydrogen) atoms. The van der Waals surface area contributed by atoms with Crippen LogP contribution in [0.5, 0.6) is 0 Å². The second kappa shape index (κ2) is 8.48. The molecule has 172 valence electrons. The predicted octanol–water partition coefficient (Wildman–Crippen LogP) is 7.73. The summed E-state index contributed by atoms with van der Waals surface area (Å²) < 4.78 is 22.0. The molecule has 2 heterocycles. The van der Waals surface area contributed by atoms with Crippen molar-refractivity contribution in [3.05, 3.63) is 114 Å². The summed E-state index contributed by atoms with van der Waals surface area (Å²) in [7, 11) is 1.82. The van der Waals surface area contributed by atoms with E-state index in [-0.39, 0.29) is 5.82 Å². The summed E-state index contributed by atoms with van der Waals surface area (Å²) >= 11 is 0. The zero-order valence-corrected chi connectivity index (χ0v) is 19.9.